The molecule has 0 spiro atoms. The number of carbonyl (C=O) groups excluding carboxylic acids is 2. The maximum absolute atomic E-state index is 14.0. The number of rotatable bonds is 13. The summed E-state index contributed by atoms with van der Waals surface area (Å²) in [7, 11) is 3.78. The molecule has 3 heterocycles. The van der Waals surface area contributed by atoms with Crippen molar-refractivity contribution in [2.75, 3.05) is 32.1 Å². The Labute approximate surface area is 282 Å². The van der Waals surface area contributed by atoms with Crippen molar-refractivity contribution < 1.29 is 14.7 Å². The molecule has 0 radical (unpaired) electrons. The lowest BCUT2D eigenvalue weighted by molar-refractivity contribution is 0.0735. The number of aliphatic hydroxyl groups excluding tert-OH is 1. The van der Waals surface area contributed by atoms with Gasteiger partial charge in [0.2, 0.25) is 0 Å². The molecule has 0 saturated carbocycles. The molecule has 1 saturated heterocycles. The van der Waals surface area contributed by atoms with Gasteiger partial charge >= 0.3 is 0 Å². The lowest BCUT2D eigenvalue weighted by atomic mass is 9.99. The molecule has 2 aromatic heterocycles. The maximum atomic E-state index is 14.0. The minimum absolute atomic E-state index is 0.0667. The van der Waals surface area contributed by atoms with E-state index in [0.717, 1.165) is 45.9 Å². The smallest absolute Gasteiger partial charge is 0.254 e. The van der Waals surface area contributed by atoms with Gasteiger partial charge in [0.05, 0.1) is 18.2 Å². The van der Waals surface area contributed by atoms with Crippen LogP contribution in [0.4, 0.5) is 5.69 Å². The third-order valence-electron chi connectivity index (χ3n) is 8.62. The molecular weight excluding hydrogens is 609 g/mol. The largest absolute Gasteiger partial charge is 0.390 e. The van der Waals surface area contributed by atoms with Gasteiger partial charge in [0.15, 0.2) is 0 Å². The molecule has 248 valence electrons. The van der Waals surface area contributed by atoms with Crippen molar-refractivity contribution in [2.45, 2.75) is 70.7 Å². The molecule has 2 aromatic carbocycles. The number of thiazole rings is 1. The van der Waals surface area contributed by atoms with Crippen LogP contribution in [0, 0.1) is 6.92 Å². The van der Waals surface area contributed by atoms with Crippen LogP contribution >= 0.6 is 11.3 Å². The van der Waals surface area contributed by atoms with E-state index in [1.807, 2.05) is 85.0 Å². The number of nitrogens with zero attached hydrogens (tertiary/aromatic N) is 4. The van der Waals surface area contributed by atoms with Crippen molar-refractivity contribution in [3.63, 3.8) is 0 Å². The zero-order valence-electron chi connectivity index (χ0n) is 27.9. The molecular formula is C37H46N6O3S. The fourth-order valence-electron chi connectivity index (χ4n) is 5.91. The number of aromatic nitrogens is 2. The molecule has 47 heavy (non-hydrogen) atoms. The monoisotopic (exact) mass is 654 g/mol. The number of carbonyl (C=O) groups is 2. The Hall–Kier alpha value is -4.12. The SMILES string of the molecule is Cc1csc([C@H]2CCCN2C(=O)c2cc(C(=O)N[C@@H](Cc3ccccc3)[C@H](O)CNCc3cncc(C(C)C)c3)cc(N(C)C)c2)n1. The first-order valence-electron chi connectivity index (χ1n) is 16.3. The summed E-state index contributed by atoms with van der Waals surface area (Å²) < 4.78 is 0. The predicted octanol–water partition coefficient (Wildman–Crippen LogP) is 5.51. The number of aliphatic hydroxyl groups is 1. The highest BCUT2D eigenvalue weighted by molar-refractivity contribution is 7.09. The van der Waals surface area contributed by atoms with E-state index in [-0.39, 0.29) is 24.4 Å². The maximum Gasteiger partial charge on any atom is 0.254 e. The zero-order chi connectivity index (χ0) is 33.5. The summed E-state index contributed by atoms with van der Waals surface area (Å²) in [5.74, 6) is -0.0800. The fraction of sp³-hybridized carbons (Fsp3) is 0.405. The second-order valence-corrected chi connectivity index (χ2v) is 13.8. The summed E-state index contributed by atoms with van der Waals surface area (Å²) in [4.78, 5) is 40.7. The van der Waals surface area contributed by atoms with Crippen molar-refractivity contribution >= 4 is 28.8 Å². The van der Waals surface area contributed by atoms with E-state index in [2.05, 4.69) is 40.5 Å². The van der Waals surface area contributed by atoms with Crippen LogP contribution in [0.2, 0.25) is 0 Å². The fourth-order valence-corrected chi connectivity index (χ4v) is 6.85. The molecule has 0 aliphatic carbocycles. The van der Waals surface area contributed by atoms with Gasteiger partial charge in [-0.05, 0) is 67.0 Å². The topological polar surface area (TPSA) is 111 Å². The lowest BCUT2D eigenvalue weighted by Gasteiger charge is -2.26. The van der Waals surface area contributed by atoms with Gasteiger partial charge in [-0.2, -0.15) is 0 Å². The summed E-state index contributed by atoms with van der Waals surface area (Å²) in [5, 5.41) is 20.8. The van der Waals surface area contributed by atoms with Crippen LogP contribution in [0.1, 0.15) is 86.8 Å². The number of hydrogen-bond donors (Lipinski definition) is 3. The van der Waals surface area contributed by atoms with Gasteiger partial charge in [0, 0.05) is 74.0 Å². The Kier molecular flexibility index (Phi) is 11.4. The zero-order valence-corrected chi connectivity index (χ0v) is 28.8. The van der Waals surface area contributed by atoms with Gasteiger partial charge in [-0.25, -0.2) is 4.98 Å². The quantitative estimate of drug-likeness (QED) is 0.175. The van der Waals surface area contributed by atoms with Crippen molar-refractivity contribution in [3.8, 4) is 0 Å². The Balaban J connectivity index is 1.34. The number of anilines is 1. The highest BCUT2D eigenvalue weighted by Gasteiger charge is 2.33. The van der Waals surface area contributed by atoms with Gasteiger partial charge in [-0.3, -0.25) is 14.6 Å². The van der Waals surface area contributed by atoms with Crippen molar-refractivity contribution in [3.05, 3.63) is 111 Å². The van der Waals surface area contributed by atoms with Crippen LogP contribution in [-0.4, -0.2) is 71.1 Å². The van der Waals surface area contributed by atoms with Crippen molar-refractivity contribution in [1.82, 2.24) is 25.5 Å². The van der Waals surface area contributed by atoms with Crippen LogP contribution in [0.25, 0.3) is 0 Å². The first kappa shape index (κ1) is 34.2. The summed E-state index contributed by atoms with van der Waals surface area (Å²) in [6, 6.07) is 16.6. The summed E-state index contributed by atoms with van der Waals surface area (Å²) in [6.45, 7) is 7.70. The number of pyridine rings is 1. The van der Waals surface area contributed by atoms with Crippen LogP contribution in [0.5, 0.6) is 0 Å². The first-order chi connectivity index (χ1) is 22.6. The van der Waals surface area contributed by atoms with E-state index >= 15 is 0 Å². The molecule has 3 N–H and O–H groups in total. The van der Waals surface area contributed by atoms with E-state index in [9.17, 15) is 14.7 Å². The standard InChI is InChI=1S/C37H46N6O3S/c1-24(2)30-14-27(19-38-21-30)20-39-22-34(44)32(15-26-10-7-6-8-11-26)41-35(45)28-16-29(18-31(17-28)42(4)5)37(46)43-13-9-12-33(43)36-40-25(3)23-47-36/h6-8,10-11,14,16-19,21,23-24,32-34,39,44H,9,12-13,15,20,22H2,1-5H3,(H,41,45)/t32-,33+,34+/m0/s1. The third kappa shape index (κ3) is 8.82. The third-order valence-corrected chi connectivity index (χ3v) is 9.69. The number of aryl methyl sites for hydroxylation is 1. The van der Waals surface area contributed by atoms with Crippen LogP contribution in [0.3, 0.4) is 0 Å². The average Bonchev–Trinajstić information content (AvgIpc) is 3.73. The second kappa shape index (κ2) is 15.6. The summed E-state index contributed by atoms with van der Waals surface area (Å²) in [5.41, 5.74) is 5.74. The number of hydrogen-bond acceptors (Lipinski definition) is 8. The molecule has 2 amide bonds. The highest BCUT2D eigenvalue weighted by Crippen LogP contribution is 2.35. The molecule has 1 aliphatic rings. The molecule has 9 nitrogen and oxygen atoms in total. The lowest BCUT2D eigenvalue weighted by Crippen LogP contribution is -2.48. The Morgan fingerprint density at radius 3 is 2.53 bits per heavy atom. The van der Waals surface area contributed by atoms with E-state index in [4.69, 9.17) is 0 Å². The normalized spacial score (nSPS) is 15.9. The molecule has 1 aliphatic heterocycles. The summed E-state index contributed by atoms with van der Waals surface area (Å²) in [6.07, 6.45) is 5.05. The van der Waals surface area contributed by atoms with E-state index < -0.39 is 12.1 Å². The molecule has 4 aromatic rings. The number of amides is 2. The van der Waals surface area contributed by atoms with Gasteiger partial charge in [-0.15, -0.1) is 11.3 Å². The minimum atomic E-state index is -0.870. The second-order valence-electron chi connectivity index (χ2n) is 12.9. The molecule has 1 fully saturated rings. The molecule has 5 rings (SSSR count). The molecule has 0 unspecified atom stereocenters. The van der Waals surface area contributed by atoms with Crippen molar-refractivity contribution in [2.24, 2.45) is 0 Å². The Morgan fingerprint density at radius 1 is 1.06 bits per heavy atom. The number of benzene rings is 2. The Morgan fingerprint density at radius 2 is 1.83 bits per heavy atom. The number of likely N-dealkylation sites (tertiary alicyclic amines) is 1. The highest BCUT2D eigenvalue weighted by atomic mass is 32.1. The molecule has 0 bridgehead atoms. The Bertz CT molecular complexity index is 1660. The van der Waals surface area contributed by atoms with Crippen LogP contribution in [-0.2, 0) is 13.0 Å². The summed E-state index contributed by atoms with van der Waals surface area (Å²) >= 11 is 1.59. The van der Waals surface area contributed by atoms with E-state index in [1.165, 1.54) is 0 Å². The van der Waals surface area contributed by atoms with E-state index in [1.54, 1.807) is 23.5 Å². The predicted molar refractivity (Wildman–Crippen MR) is 188 cm³/mol. The van der Waals surface area contributed by atoms with Gasteiger partial charge in [-0.1, -0.05) is 50.2 Å². The van der Waals surface area contributed by atoms with E-state index in [0.29, 0.717) is 36.6 Å². The van der Waals surface area contributed by atoms with Crippen LogP contribution < -0.4 is 15.5 Å². The molecule has 3 atom stereocenters. The molecule has 10 heteroatoms. The van der Waals surface area contributed by atoms with Crippen molar-refractivity contribution in [1.29, 1.82) is 0 Å². The average molecular weight is 655 g/mol. The minimum Gasteiger partial charge on any atom is -0.390 e. The van der Waals surface area contributed by atoms with Crippen LogP contribution in [0.15, 0.2) is 72.4 Å². The van der Waals surface area contributed by atoms with Gasteiger partial charge < -0.3 is 25.5 Å². The van der Waals surface area contributed by atoms with Gasteiger partial charge in [0.1, 0.15) is 5.01 Å². The number of nitrogens with one attached hydrogen (secondary N) is 2. The first-order valence-corrected chi connectivity index (χ1v) is 17.2. The van der Waals surface area contributed by atoms with Gasteiger partial charge in [0.25, 0.3) is 11.8 Å².